The van der Waals surface area contributed by atoms with E-state index in [1.807, 2.05) is 18.3 Å². The minimum Gasteiger partial charge on any atom is -0.348 e. The fourth-order valence-electron chi connectivity index (χ4n) is 1.36. The second-order valence-corrected chi connectivity index (χ2v) is 3.03. The molecule has 0 aliphatic carbocycles. The first-order chi connectivity index (χ1) is 6.38. The largest absolute Gasteiger partial charge is 0.348 e. The number of nitrogens with one attached hydrogen (secondary N) is 1. The van der Waals surface area contributed by atoms with Crippen LogP contribution in [0.25, 0.3) is 0 Å². The van der Waals surface area contributed by atoms with Gasteiger partial charge in [0.2, 0.25) is 0 Å². The molecular formula is C11H11N2. The van der Waals surface area contributed by atoms with Crippen LogP contribution in [-0.2, 0) is 0 Å². The van der Waals surface area contributed by atoms with Gasteiger partial charge in [-0.25, -0.2) is 4.98 Å². The van der Waals surface area contributed by atoms with Crippen LogP contribution in [0.1, 0.15) is 24.2 Å². The number of rotatable bonds is 2. The highest BCUT2D eigenvalue weighted by Crippen LogP contribution is 2.19. The molecule has 0 spiro atoms. The number of aromatic nitrogens is 2. The fraction of sp³-hybridized carbons (Fsp3) is 0.182. The molecule has 0 amide bonds. The van der Waals surface area contributed by atoms with Gasteiger partial charge in [-0.15, -0.1) is 0 Å². The number of imidazole rings is 1. The van der Waals surface area contributed by atoms with Crippen LogP contribution in [0.3, 0.4) is 0 Å². The van der Waals surface area contributed by atoms with Crippen LogP contribution >= 0.6 is 0 Å². The molecule has 0 saturated carbocycles. The van der Waals surface area contributed by atoms with Gasteiger partial charge in [0.1, 0.15) is 5.82 Å². The van der Waals surface area contributed by atoms with Crippen LogP contribution < -0.4 is 0 Å². The van der Waals surface area contributed by atoms with Gasteiger partial charge in [-0.1, -0.05) is 31.2 Å². The van der Waals surface area contributed by atoms with Crippen LogP contribution in [0.15, 0.2) is 36.7 Å². The molecule has 1 atom stereocenters. The van der Waals surface area contributed by atoms with Crippen LogP contribution in [0, 0.1) is 6.07 Å². The number of benzene rings is 1. The Hall–Kier alpha value is -1.57. The van der Waals surface area contributed by atoms with Crippen molar-refractivity contribution in [3.63, 3.8) is 0 Å². The second kappa shape index (κ2) is 3.44. The third-order valence-corrected chi connectivity index (χ3v) is 2.17. The van der Waals surface area contributed by atoms with Crippen molar-refractivity contribution in [2.45, 2.75) is 12.8 Å². The van der Waals surface area contributed by atoms with Crippen molar-refractivity contribution in [2.75, 3.05) is 0 Å². The predicted molar refractivity (Wildman–Crippen MR) is 51.4 cm³/mol. The number of hydrogen-bond donors (Lipinski definition) is 1. The average molecular weight is 171 g/mol. The molecule has 13 heavy (non-hydrogen) atoms. The first-order valence-corrected chi connectivity index (χ1v) is 4.33. The van der Waals surface area contributed by atoms with E-state index in [9.17, 15) is 0 Å². The van der Waals surface area contributed by atoms with Crippen LogP contribution in [0.5, 0.6) is 0 Å². The first kappa shape index (κ1) is 8.05. The number of nitrogens with zero attached hydrogens (tertiary/aromatic N) is 1. The van der Waals surface area contributed by atoms with E-state index in [0.717, 1.165) is 5.82 Å². The maximum Gasteiger partial charge on any atom is 0.113 e. The maximum absolute atomic E-state index is 4.23. The van der Waals surface area contributed by atoms with E-state index < -0.39 is 0 Å². The molecule has 1 heterocycles. The molecule has 1 aromatic carbocycles. The average Bonchev–Trinajstić information content (AvgIpc) is 2.71. The zero-order valence-corrected chi connectivity index (χ0v) is 7.49. The summed E-state index contributed by atoms with van der Waals surface area (Å²) < 4.78 is 0. The lowest BCUT2D eigenvalue weighted by molar-refractivity contribution is 0.840. The summed E-state index contributed by atoms with van der Waals surface area (Å²) in [6.07, 6.45) is 3.63. The number of H-pyrrole nitrogens is 1. The molecule has 1 N–H and O–H groups in total. The highest BCUT2D eigenvalue weighted by atomic mass is 14.9. The Morgan fingerprint density at radius 2 is 2.15 bits per heavy atom. The summed E-state index contributed by atoms with van der Waals surface area (Å²) in [7, 11) is 0. The minimum absolute atomic E-state index is 0.324. The lowest BCUT2D eigenvalue weighted by atomic mass is 10.0. The van der Waals surface area contributed by atoms with E-state index in [0.29, 0.717) is 5.92 Å². The Balaban J connectivity index is 2.29. The summed E-state index contributed by atoms with van der Waals surface area (Å²) in [5.41, 5.74) is 1.26. The van der Waals surface area contributed by atoms with Gasteiger partial charge in [0, 0.05) is 18.3 Å². The van der Waals surface area contributed by atoms with E-state index in [2.05, 4.69) is 35.1 Å². The van der Waals surface area contributed by atoms with Crippen molar-refractivity contribution in [2.24, 2.45) is 0 Å². The minimum atomic E-state index is 0.324. The smallest absolute Gasteiger partial charge is 0.113 e. The Morgan fingerprint density at radius 3 is 2.77 bits per heavy atom. The lowest BCUT2D eigenvalue weighted by Gasteiger charge is -2.07. The summed E-state index contributed by atoms with van der Waals surface area (Å²) in [6, 6.07) is 11.0. The van der Waals surface area contributed by atoms with Crippen molar-refractivity contribution in [3.05, 3.63) is 54.1 Å². The van der Waals surface area contributed by atoms with Gasteiger partial charge in [-0.2, -0.15) is 0 Å². The molecule has 0 bridgehead atoms. The summed E-state index contributed by atoms with van der Waals surface area (Å²) >= 11 is 0. The molecule has 1 radical (unpaired) electrons. The van der Waals surface area contributed by atoms with Gasteiger partial charge < -0.3 is 4.98 Å². The van der Waals surface area contributed by atoms with Crippen molar-refractivity contribution >= 4 is 0 Å². The van der Waals surface area contributed by atoms with Gasteiger partial charge in [0.25, 0.3) is 0 Å². The summed E-state index contributed by atoms with van der Waals surface area (Å²) in [6.45, 7) is 2.13. The Labute approximate surface area is 77.6 Å². The SMILES string of the molecule is CC(c1cc[c]cc1)c1ncc[nH]1. The van der Waals surface area contributed by atoms with E-state index in [4.69, 9.17) is 0 Å². The number of aromatic amines is 1. The molecule has 0 aliphatic rings. The molecule has 0 aliphatic heterocycles. The summed E-state index contributed by atoms with van der Waals surface area (Å²) in [4.78, 5) is 7.34. The van der Waals surface area contributed by atoms with Crippen molar-refractivity contribution < 1.29 is 0 Å². The first-order valence-electron chi connectivity index (χ1n) is 4.33. The zero-order chi connectivity index (χ0) is 9.10. The van der Waals surface area contributed by atoms with E-state index in [-0.39, 0.29) is 0 Å². The van der Waals surface area contributed by atoms with E-state index in [1.54, 1.807) is 6.20 Å². The highest BCUT2D eigenvalue weighted by Gasteiger charge is 2.08. The van der Waals surface area contributed by atoms with Crippen LogP contribution in [0.4, 0.5) is 0 Å². The lowest BCUT2D eigenvalue weighted by Crippen LogP contribution is -1.97. The second-order valence-electron chi connectivity index (χ2n) is 3.03. The molecule has 65 valence electrons. The molecule has 2 rings (SSSR count). The molecular weight excluding hydrogens is 160 g/mol. The Bertz CT molecular complexity index is 351. The number of hydrogen-bond acceptors (Lipinski definition) is 1. The fourth-order valence-corrected chi connectivity index (χ4v) is 1.36. The van der Waals surface area contributed by atoms with Gasteiger partial charge in [0.05, 0.1) is 0 Å². The molecule has 2 nitrogen and oxygen atoms in total. The molecule has 1 unspecified atom stereocenters. The molecule has 2 aromatic rings. The summed E-state index contributed by atoms with van der Waals surface area (Å²) in [5.74, 6) is 1.33. The predicted octanol–water partition coefficient (Wildman–Crippen LogP) is 2.36. The Morgan fingerprint density at radius 1 is 1.38 bits per heavy atom. The molecule has 2 heteroatoms. The molecule has 0 saturated heterocycles. The van der Waals surface area contributed by atoms with Crippen LogP contribution in [-0.4, -0.2) is 9.97 Å². The Kier molecular flexibility index (Phi) is 2.13. The van der Waals surface area contributed by atoms with Gasteiger partial charge >= 0.3 is 0 Å². The van der Waals surface area contributed by atoms with Crippen LogP contribution in [0.2, 0.25) is 0 Å². The van der Waals surface area contributed by atoms with Gasteiger partial charge in [-0.05, 0) is 11.6 Å². The molecule has 0 fully saturated rings. The van der Waals surface area contributed by atoms with Crippen molar-refractivity contribution in [1.82, 2.24) is 9.97 Å². The monoisotopic (exact) mass is 171 g/mol. The quantitative estimate of drug-likeness (QED) is 0.738. The summed E-state index contributed by atoms with van der Waals surface area (Å²) in [5, 5.41) is 0. The standard InChI is InChI=1S/C11H11N2/c1-9(11-12-7-8-13-11)10-5-3-2-4-6-10/h3-9H,1H3,(H,12,13). The highest BCUT2D eigenvalue weighted by molar-refractivity contribution is 5.23. The maximum atomic E-state index is 4.23. The zero-order valence-electron chi connectivity index (χ0n) is 7.49. The van der Waals surface area contributed by atoms with Gasteiger partial charge in [0.15, 0.2) is 0 Å². The third-order valence-electron chi connectivity index (χ3n) is 2.17. The van der Waals surface area contributed by atoms with Crippen molar-refractivity contribution in [1.29, 1.82) is 0 Å². The third kappa shape index (κ3) is 1.61. The normalized spacial score (nSPS) is 12.7. The van der Waals surface area contributed by atoms with Crippen molar-refractivity contribution in [3.8, 4) is 0 Å². The topological polar surface area (TPSA) is 28.7 Å². The van der Waals surface area contributed by atoms with E-state index in [1.165, 1.54) is 5.56 Å². The van der Waals surface area contributed by atoms with E-state index >= 15 is 0 Å². The molecule has 1 aromatic heterocycles. The van der Waals surface area contributed by atoms with Gasteiger partial charge in [-0.3, -0.25) is 0 Å².